The minimum Gasteiger partial charge on any atom is -0.503 e. The second-order valence-corrected chi connectivity index (χ2v) is 10.9. The maximum Gasteiger partial charge on any atom is 0.290 e. The van der Waals surface area contributed by atoms with E-state index in [0.29, 0.717) is 34.6 Å². The summed E-state index contributed by atoms with van der Waals surface area (Å²) < 4.78 is 17.0. The van der Waals surface area contributed by atoms with E-state index in [1.54, 1.807) is 18.2 Å². The topological polar surface area (TPSA) is 89.2 Å². The largest absolute Gasteiger partial charge is 0.503 e. The molecule has 0 saturated heterocycles. The third-order valence-corrected chi connectivity index (χ3v) is 7.15. The second kappa shape index (κ2) is 10.6. The number of aliphatic hydroxyl groups is 1. The Balaban J connectivity index is 1.59. The van der Waals surface area contributed by atoms with E-state index >= 15 is 0 Å². The maximum atomic E-state index is 14.0. The molecule has 7 nitrogen and oxygen atoms in total. The van der Waals surface area contributed by atoms with Gasteiger partial charge in [-0.15, -0.1) is 0 Å². The van der Waals surface area contributed by atoms with Crippen LogP contribution in [0.25, 0.3) is 11.0 Å². The molecule has 1 aliphatic rings. The van der Waals surface area contributed by atoms with Crippen molar-refractivity contribution in [2.45, 2.75) is 45.7 Å². The number of hydrogen-bond acceptors (Lipinski definition) is 6. The summed E-state index contributed by atoms with van der Waals surface area (Å²) in [5.41, 5.74) is 2.96. The second-order valence-electron chi connectivity index (χ2n) is 10.9. The zero-order valence-corrected chi connectivity index (χ0v) is 23.4. The number of amides is 1. The Morgan fingerprint density at radius 2 is 1.75 bits per heavy atom. The minimum atomic E-state index is -0.820. The fraction of sp³-hybridized carbons (Fsp3) is 0.273. The summed E-state index contributed by atoms with van der Waals surface area (Å²) in [7, 11) is 1.53. The number of ketones is 1. The third-order valence-electron chi connectivity index (χ3n) is 7.15. The van der Waals surface area contributed by atoms with Crippen LogP contribution in [-0.4, -0.2) is 35.4 Å². The summed E-state index contributed by atoms with van der Waals surface area (Å²) >= 11 is 0. The lowest BCUT2D eigenvalue weighted by Crippen LogP contribution is -2.30. The Bertz CT molecular complexity index is 1610. The highest BCUT2D eigenvalue weighted by atomic mass is 16.5. The van der Waals surface area contributed by atoms with Gasteiger partial charge >= 0.3 is 0 Å². The number of para-hydroxylation sites is 1. The average Bonchev–Trinajstić information content (AvgIpc) is 3.48. The van der Waals surface area contributed by atoms with E-state index in [4.69, 9.17) is 13.9 Å². The smallest absolute Gasteiger partial charge is 0.290 e. The van der Waals surface area contributed by atoms with Crippen LogP contribution in [0.5, 0.6) is 11.5 Å². The molecule has 7 heteroatoms. The molecule has 0 radical (unpaired) electrons. The van der Waals surface area contributed by atoms with Crippen molar-refractivity contribution in [3.8, 4) is 11.5 Å². The van der Waals surface area contributed by atoms with Crippen molar-refractivity contribution < 1.29 is 28.6 Å². The molecule has 0 bridgehead atoms. The zero-order chi connectivity index (χ0) is 28.6. The summed E-state index contributed by atoms with van der Waals surface area (Å²) in [4.78, 5) is 29.0. The van der Waals surface area contributed by atoms with Gasteiger partial charge in [0.25, 0.3) is 5.91 Å². The molecule has 1 N–H and O–H groups in total. The van der Waals surface area contributed by atoms with Crippen molar-refractivity contribution in [3.05, 3.63) is 107 Å². The number of carbonyl (C=O) groups is 2. The summed E-state index contributed by atoms with van der Waals surface area (Å²) in [6.45, 7) is 8.94. The van der Waals surface area contributed by atoms with Crippen molar-refractivity contribution >= 4 is 22.7 Å². The molecule has 4 aromatic rings. The number of rotatable bonds is 8. The predicted molar refractivity (Wildman–Crippen MR) is 153 cm³/mol. The van der Waals surface area contributed by atoms with Gasteiger partial charge in [-0.3, -0.25) is 9.59 Å². The number of Topliss-reactive ketones (excluding diaryl/α,β-unsaturated/α-hetero) is 1. The highest BCUT2D eigenvalue weighted by molar-refractivity contribution is 6.16. The van der Waals surface area contributed by atoms with E-state index in [1.807, 2.05) is 61.5 Å². The van der Waals surface area contributed by atoms with Crippen molar-refractivity contribution in [2.24, 2.45) is 0 Å². The van der Waals surface area contributed by atoms with Crippen molar-refractivity contribution in [1.29, 1.82) is 0 Å². The Hall–Kier alpha value is -4.52. The highest BCUT2D eigenvalue weighted by Crippen LogP contribution is 2.41. The number of furan rings is 1. The molecule has 1 atom stereocenters. The number of hydrogen-bond donors (Lipinski definition) is 1. The SMILES string of the molecule is CCOc1cccc(CN2C(=O)C(O)=C(C(=O)c3cc4cccc(OC)c4o3)C2c2ccc(C(C)(C)C)cc2)c1. The van der Waals surface area contributed by atoms with Gasteiger partial charge in [-0.1, -0.05) is 69.3 Å². The molecule has 1 amide bonds. The molecule has 2 heterocycles. The fourth-order valence-electron chi connectivity index (χ4n) is 5.10. The van der Waals surface area contributed by atoms with Crippen LogP contribution in [0.1, 0.15) is 61.0 Å². The molecule has 206 valence electrons. The molecule has 0 spiro atoms. The third kappa shape index (κ3) is 4.95. The number of nitrogens with zero attached hydrogens (tertiary/aromatic N) is 1. The van der Waals surface area contributed by atoms with Gasteiger partial charge in [0.15, 0.2) is 22.9 Å². The predicted octanol–water partition coefficient (Wildman–Crippen LogP) is 6.92. The molecule has 3 aromatic carbocycles. The molecule has 0 aliphatic carbocycles. The van der Waals surface area contributed by atoms with Crippen LogP contribution in [0.4, 0.5) is 0 Å². The number of ether oxygens (including phenoxy) is 2. The van der Waals surface area contributed by atoms with E-state index < -0.39 is 23.5 Å². The Kier molecular flexibility index (Phi) is 7.15. The quantitative estimate of drug-likeness (QED) is 0.245. The van der Waals surface area contributed by atoms with Crippen molar-refractivity contribution in [1.82, 2.24) is 4.90 Å². The number of benzene rings is 3. The Morgan fingerprint density at radius 3 is 2.42 bits per heavy atom. The lowest BCUT2D eigenvalue weighted by atomic mass is 9.85. The van der Waals surface area contributed by atoms with Crippen LogP contribution in [-0.2, 0) is 16.8 Å². The molecule has 1 aromatic heterocycles. The van der Waals surface area contributed by atoms with Crippen LogP contribution in [0.15, 0.2) is 88.5 Å². The number of carbonyl (C=O) groups excluding carboxylic acids is 2. The number of fused-ring (bicyclic) bond motifs is 1. The Morgan fingerprint density at radius 1 is 1.02 bits per heavy atom. The van der Waals surface area contributed by atoms with E-state index in [0.717, 1.165) is 11.1 Å². The van der Waals surface area contributed by atoms with Gasteiger partial charge in [0, 0.05) is 11.9 Å². The van der Waals surface area contributed by atoms with E-state index in [2.05, 4.69) is 20.8 Å². The first-order valence-corrected chi connectivity index (χ1v) is 13.3. The molecule has 1 aliphatic heterocycles. The molecule has 40 heavy (non-hydrogen) atoms. The lowest BCUT2D eigenvalue weighted by molar-refractivity contribution is -0.130. The van der Waals surface area contributed by atoms with Crippen molar-refractivity contribution in [2.75, 3.05) is 13.7 Å². The summed E-state index contributed by atoms with van der Waals surface area (Å²) in [5, 5.41) is 11.8. The Labute approximate surface area is 233 Å². The maximum absolute atomic E-state index is 14.0. The van der Waals surface area contributed by atoms with Gasteiger partial charge in [0.1, 0.15) is 5.75 Å². The normalized spacial score (nSPS) is 15.7. The fourth-order valence-corrected chi connectivity index (χ4v) is 5.10. The molecule has 5 rings (SSSR count). The van der Waals surface area contributed by atoms with Crippen LogP contribution in [0, 0.1) is 0 Å². The number of methoxy groups -OCH3 is 1. The first-order valence-electron chi connectivity index (χ1n) is 13.3. The summed E-state index contributed by atoms with van der Waals surface area (Å²) in [5.74, 6) is -0.568. The average molecular weight is 540 g/mol. The van der Waals surface area contributed by atoms with E-state index in [-0.39, 0.29) is 23.3 Å². The molecule has 0 saturated carbocycles. The minimum absolute atomic E-state index is 0.0188. The highest BCUT2D eigenvalue weighted by Gasteiger charge is 2.44. The molecule has 0 fully saturated rings. The van der Waals surface area contributed by atoms with Gasteiger partial charge in [0.2, 0.25) is 5.78 Å². The van der Waals surface area contributed by atoms with Crippen LogP contribution in [0.2, 0.25) is 0 Å². The first kappa shape index (κ1) is 27.1. The lowest BCUT2D eigenvalue weighted by Gasteiger charge is -2.28. The number of aliphatic hydroxyl groups excluding tert-OH is 1. The van der Waals surface area contributed by atoms with Gasteiger partial charge in [-0.25, -0.2) is 0 Å². The van der Waals surface area contributed by atoms with E-state index in [9.17, 15) is 14.7 Å². The van der Waals surface area contributed by atoms with Crippen LogP contribution >= 0.6 is 0 Å². The van der Waals surface area contributed by atoms with Crippen LogP contribution in [0.3, 0.4) is 0 Å². The monoisotopic (exact) mass is 539 g/mol. The van der Waals surface area contributed by atoms with Gasteiger partial charge in [-0.2, -0.15) is 0 Å². The molecular formula is C33H33NO6. The standard InChI is InChI=1S/C33H33NO6/c1-6-39-24-11-7-9-20(17-24)19-34-28(21-13-15-23(16-14-21)33(2,3)4)27(30(36)32(34)37)29(35)26-18-22-10-8-12-25(38-5)31(22)40-26/h7-18,28,36H,6,19H2,1-5H3. The first-order chi connectivity index (χ1) is 19.1. The summed E-state index contributed by atoms with van der Waals surface area (Å²) in [6, 6.07) is 21.4. The van der Waals surface area contributed by atoms with E-state index in [1.165, 1.54) is 12.0 Å². The molecule has 1 unspecified atom stereocenters. The van der Waals surface area contributed by atoms with Crippen LogP contribution < -0.4 is 9.47 Å². The van der Waals surface area contributed by atoms with Gasteiger partial charge < -0.3 is 23.9 Å². The van der Waals surface area contributed by atoms with Gasteiger partial charge in [0.05, 0.1) is 25.3 Å². The summed E-state index contributed by atoms with van der Waals surface area (Å²) in [6.07, 6.45) is 0. The van der Waals surface area contributed by atoms with Gasteiger partial charge in [-0.05, 0) is 53.3 Å². The zero-order valence-electron chi connectivity index (χ0n) is 23.4. The molecular weight excluding hydrogens is 506 g/mol. The van der Waals surface area contributed by atoms with Crippen molar-refractivity contribution in [3.63, 3.8) is 0 Å².